The van der Waals surface area contributed by atoms with E-state index in [-0.39, 0.29) is 11.8 Å². The Morgan fingerprint density at radius 1 is 0.781 bits per heavy atom. The highest BCUT2D eigenvalue weighted by Gasteiger charge is 2.39. The summed E-state index contributed by atoms with van der Waals surface area (Å²) in [6.07, 6.45) is 0.620. The van der Waals surface area contributed by atoms with Gasteiger partial charge in [0.15, 0.2) is 0 Å². The van der Waals surface area contributed by atoms with Crippen LogP contribution in [0, 0.1) is 27.7 Å². The van der Waals surface area contributed by atoms with Crippen molar-refractivity contribution in [3.8, 4) is 0 Å². The van der Waals surface area contributed by atoms with Crippen molar-refractivity contribution in [2.45, 2.75) is 34.1 Å². The van der Waals surface area contributed by atoms with E-state index in [1.54, 1.807) is 0 Å². The summed E-state index contributed by atoms with van der Waals surface area (Å²) in [5.41, 5.74) is 7.81. The molecule has 3 aromatic rings. The predicted molar refractivity (Wildman–Crippen MR) is 129 cm³/mol. The van der Waals surface area contributed by atoms with Gasteiger partial charge >= 0.3 is 0 Å². The van der Waals surface area contributed by atoms with Gasteiger partial charge < -0.3 is 5.32 Å². The summed E-state index contributed by atoms with van der Waals surface area (Å²) in [4.78, 5) is 28.4. The van der Waals surface area contributed by atoms with Crippen molar-refractivity contribution in [2.75, 3.05) is 11.9 Å². The number of aryl methyl sites for hydroxylation is 3. The first-order chi connectivity index (χ1) is 15.4. The van der Waals surface area contributed by atoms with E-state index in [0.29, 0.717) is 24.2 Å². The number of rotatable bonds is 6. The molecule has 0 aromatic heterocycles. The number of anilines is 1. The van der Waals surface area contributed by atoms with E-state index in [1.165, 1.54) is 4.90 Å². The fourth-order valence-corrected chi connectivity index (χ4v) is 4.15. The molecule has 0 saturated carbocycles. The lowest BCUT2D eigenvalue weighted by atomic mass is 9.97. The van der Waals surface area contributed by atoms with E-state index in [1.807, 2.05) is 94.4 Å². The first-order valence-corrected chi connectivity index (χ1v) is 10.9. The average molecular weight is 425 g/mol. The fourth-order valence-electron chi connectivity index (χ4n) is 4.15. The molecule has 0 saturated heterocycles. The van der Waals surface area contributed by atoms with Crippen LogP contribution in [0.4, 0.5) is 5.69 Å². The number of nitrogens with one attached hydrogen (secondary N) is 1. The second-order valence-electron chi connectivity index (χ2n) is 8.44. The zero-order valence-corrected chi connectivity index (χ0v) is 19.0. The van der Waals surface area contributed by atoms with Crippen LogP contribution in [0.5, 0.6) is 0 Å². The molecular weight excluding hydrogens is 396 g/mol. The van der Waals surface area contributed by atoms with E-state index >= 15 is 0 Å². The zero-order valence-electron chi connectivity index (χ0n) is 19.0. The van der Waals surface area contributed by atoms with Gasteiger partial charge in [0.25, 0.3) is 11.8 Å². The molecule has 162 valence electrons. The Morgan fingerprint density at radius 2 is 1.53 bits per heavy atom. The predicted octanol–water partition coefficient (Wildman–Crippen LogP) is 5.35. The molecule has 4 nitrogen and oxygen atoms in total. The van der Waals surface area contributed by atoms with Crippen LogP contribution in [0.1, 0.15) is 33.4 Å². The van der Waals surface area contributed by atoms with Crippen LogP contribution in [-0.2, 0) is 16.0 Å². The largest absolute Gasteiger partial charge is 0.350 e. The van der Waals surface area contributed by atoms with Gasteiger partial charge in [-0.05, 0) is 68.0 Å². The average Bonchev–Trinajstić information content (AvgIpc) is 3.00. The molecule has 32 heavy (non-hydrogen) atoms. The summed E-state index contributed by atoms with van der Waals surface area (Å²) in [6, 6.07) is 21.8. The summed E-state index contributed by atoms with van der Waals surface area (Å²) < 4.78 is 0. The second kappa shape index (κ2) is 8.83. The number of nitrogens with zero attached hydrogens (tertiary/aromatic N) is 1. The van der Waals surface area contributed by atoms with E-state index < -0.39 is 0 Å². The monoisotopic (exact) mass is 424 g/mol. The quantitative estimate of drug-likeness (QED) is 0.542. The minimum absolute atomic E-state index is 0.245. The van der Waals surface area contributed by atoms with Gasteiger partial charge in [0, 0.05) is 12.2 Å². The van der Waals surface area contributed by atoms with Crippen molar-refractivity contribution in [2.24, 2.45) is 0 Å². The Kier molecular flexibility index (Phi) is 5.95. The van der Waals surface area contributed by atoms with Crippen molar-refractivity contribution in [3.63, 3.8) is 0 Å². The summed E-state index contributed by atoms with van der Waals surface area (Å²) in [5, 5.41) is 3.32. The summed E-state index contributed by atoms with van der Waals surface area (Å²) >= 11 is 0. The number of hydrogen-bond acceptors (Lipinski definition) is 3. The molecule has 0 spiro atoms. The van der Waals surface area contributed by atoms with E-state index in [0.717, 1.165) is 39.1 Å². The molecule has 0 bridgehead atoms. The lowest BCUT2D eigenvalue weighted by Gasteiger charge is -2.16. The molecule has 4 heteroatoms. The Morgan fingerprint density at radius 3 is 2.25 bits per heavy atom. The number of imide groups is 1. The molecule has 0 unspecified atom stereocenters. The van der Waals surface area contributed by atoms with Gasteiger partial charge in [-0.1, -0.05) is 66.2 Å². The van der Waals surface area contributed by atoms with Crippen molar-refractivity contribution in [3.05, 3.63) is 106 Å². The third kappa shape index (κ3) is 4.09. The molecule has 1 aliphatic heterocycles. The maximum atomic E-state index is 13.5. The highest BCUT2D eigenvalue weighted by atomic mass is 16.2. The third-order valence-electron chi connectivity index (χ3n) is 6.15. The molecule has 1 N–H and O–H groups in total. The minimum atomic E-state index is -0.276. The van der Waals surface area contributed by atoms with E-state index in [2.05, 4.69) is 5.32 Å². The molecule has 0 atom stereocenters. The molecule has 3 aromatic carbocycles. The number of carbonyl (C=O) groups is 2. The lowest BCUT2D eigenvalue weighted by Crippen LogP contribution is -2.34. The molecule has 1 aliphatic rings. The molecule has 0 radical (unpaired) electrons. The molecule has 0 fully saturated rings. The first kappa shape index (κ1) is 21.6. The summed E-state index contributed by atoms with van der Waals surface area (Å²) in [7, 11) is 0. The third-order valence-corrected chi connectivity index (χ3v) is 6.15. The number of amides is 2. The van der Waals surface area contributed by atoms with Gasteiger partial charge in [0.1, 0.15) is 5.70 Å². The second-order valence-corrected chi connectivity index (χ2v) is 8.44. The Bertz CT molecular complexity index is 1230. The Hall–Kier alpha value is -3.66. The van der Waals surface area contributed by atoms with Gasteiger partial charge in [0.05, 0.1) is 5.57 Å². The van der Waals surface area contributed by atoms with Crippen molar-refractivity contribution in [1.29, 1.82) is 0 Å². The van der Waals surface area contributed by atoms with Crippen LogP contribution in [0.15, 0.2) is 72.4 Å². The van der Waals surface area contributed by atoms with Gasteiger partial charge in [-0.15, -0.1) is 0 Å². The van der Waals surface area contributed by atoms with Crippen molar-refractivity contribution in [1.82, 2.24) is 4.90 Å². The summed E-state index contributed by atoms with van der Waals surface area (Å²) in [6.45, 7) is 8.40. The van der Waals surface area contributed by atoms with Gasteiger partial charge in [-0.2, -0.15) is 0 Å². The zero-order chi connectivity index (χ0) is 22.8. The lowest BCUT2D eigenvalue weighted by molar-refractivity contribution is -0.136. The van der Waals surface area contributed by atoms with E-state index in [4.69, 9.17) is 0 Å². The van der Waals surface area contributed by atoms with Crippen LogP contribution in [0.25, 0.3) is 5.57 Å². The topological polar surface area (TPSA) is 49.4 Å². The number of benzene rings is 3. The standard InChI is InChI=1S/C28H28N2O2/c1-18-13-14-23(20(3)17-18)25-26(29-24-12-8-9-19(2)21(24)4)28(32)30(27(25)31)16-15-22-10-6-5-7-11-22/h5-14,17,29H,15-16H2,1-4H3. The minimum Gasteiger partial charge on any atom is -0.350 e. The number of carbonyl (C=O) groups excluding carboxylic acids is 2. The van der Waals surface area contributed by atoms with Crippen LogP contribution >= 0.6 is 0 Å². The van der Waals surface area contributed by atoms with Crippen LogP contribution < -0.4 is 5.32 Å². The fraction of sp³-hybridized carbons (Fsp3) is 0.214. The first-order valence-electron chi connectivity index (χ1n) is 10.9. The molecular formula is C28H28N2O2. The van der Waals surface area contributed by atoms with Crippen LogP contribution in [0.2, 0.25) is 0 Å². The van der Waals surface area contributed by atoms with Crippen molar-refractivity contribution >= 4 is 23.1 Å². The van der Waals surface area contributed by atoms with Gasteiger partial charge in [-0.25, -0.2) is 0 Å². The van der Waals surface area contributed by atoms with Gasteiger partial charge in [-0.3, -0.25) is 14.5 Å². The van der Waals surface area contributed by atoms with Crippen LogP contribution in [0.3, 0.4) is 0 Å². The SMILES string of the molecule is Cc1ccc(C2=C(Nc3cccc(C)c3C)C(=O)N(CCc3ccccc3)C2=O)c(C)c1. The highest BCUT2D eigenvalue weighted by molar-refractivity contribution is 6.36. The molecule has 0 aliphatic carbocycles. The highest BCUT2D eigenvalue weighted by Crippen LogP contribution is 2.33. The van der Waals surface area contributed by atoms with Crippen molar-refractivity contribution < 1.29 is 9.59 Å². The van der Waals surface area contributed by atoms with Gasteiger partial charge in [0.2, 0.25) is 0 Å². The maximum Gasteiger partial charge on any atom is 0.278 e. The Labute approximate surface area is 189 Å². The Balaban J connectivity index is 1.74. The molecule has 2 amide bonds. The molecule has 1 heterocycles. The smallest absolute Gasteiger partial charge is 0.278 e. The molecule has 4 rings (SSSR count). The normalized spacial score (nSPS) is 13.8. The maximum absolute atomic E-state index is 13.5. The number of hydrogen-bond donors (Lipinski definition) is 1. The van der Waals surface area contributed by atoms with E-state index in [9.17, 15) is 9.59 Å². The van der Waals surface area contributed by atoms with Crippen LogP contribution in [-0.4, -0.2) is 23.3 Å². The summed E-state index contributed by atoms with van der Waals surface area (Å²) in [5.74, 6) is -0.521.